The second-order valence-corrected chi connectivity index (χ2v) is 6.36. The van der Waals surface area contributed by atoms with Gasteiger partial charge in [0.25, 0.3) is 0 Å². The summed E-state index contributed by atoms with van der Waals surface area (Å²) in [6.45, 7) is 3.66. The van der Waals surface area contributed by atoms with E-state index in [9.17, 15) is 4.39 Å². The first-order valence-corrected chi connectivity index (χ1v) is 8.46. The van der Waals surface area contributed by atoms with Crippen LogP contribution in [0.15, 0.2) is 64.1 Å². The number of benzene rings is 2. The second-order valence-electron chi connectivity index (χ2n) is 6.36. The standard InChI is InChI=1S/C20H20FN3O/c1-23-9-11-24(12-10-23)22-18-14-20(15-5-3-2-4-6-15)25-19-8-7-16(21)13-17(18)19/h2-8,13-14H,9-12H2,1H3. The third-order valence-corrected chi connectivity index (χ3v) is 4.49. The zero-order valence-electron chi connectivity index (χ0n) is 14.2. The lowest BCUT2D eigenvalue weighted by Gasteiger charge is -2.30. The Labute approximate surface area is 145 Å². The fraction of sp³-hybridized carbons (Fsp3) is 0.250. The third-order valence-electron chi connectivity index (χ3n) is 4.49. The van der Waals surface area contributed by atoms with E-state index in [1.807, 2.05) is 36.4 Å². The number of hydrogen-bond donors (Lipinski definition) is 0. The highest BCUT2D eigenvalue weighted by Gasteiger charge is 2.13. The van der Waals surface area contributed by atoms with Crippen molar-refractivity contribution in [2.75, 3.05) is 33.2 Å². The van der Waals surface area contributed by atoms with Crippen molar-refractivity contribution in [2.45, 2.75) is 0 Å². The van der Waals surface area contributed by atoms with E-state index in [1.54, 1.807) is 6.07 Å². The molecule has 0 aliphatic carbocycles. The molecule has 3 aromatic rings. The van der Waals surface area contributed by atoms with Crippen molar-refractivity contribution >= 4 is 11.0 Å². The molecule has 2 heterocycles. The zero-order chi connectivity index (χ0) is 17.2. The Hall–Kier alpha value is -2.66. The molecular formula is C20H20FN3O. The van der Waals surface area contributed by atoms with Crippen LogP contribution < -0.4 is 5.36 Å². The molecule has 0 bridgehead atoms. The minimum absolute atomic E-state index is 0.287. The molecule has 1 aromatic heterocycles. The maximum atomic E-state index is 13.8. The average molecular weight is 337 g/mol. The molecule has 1 fully saturated rings. The van der Waals surface area contributed by atoms with Crippen molar-refractivity contribution in [3.05, 3.63) is 65.8 Å². The summed E-state index contributed by atoms with van der Waals surface area (Å²) in [4.78, 5) is 2.28. The van der Waals surface area contributed by atoms with E-state index in [0.29, 0.717) is 11.0 Å². The zero-order valence-corrected chi connectivity index (χ0v) is 14.2. The molecule has 4 nitrogen and oxygen atoms in total. The minimum Gasteiger partial charge on any atom is -0.456 e. The Kier molecular flexibility index (Phi) is 4.24. The molecular weight excluding hydrogens is 317 g/mol. The molecule has 5 heteroatoms. The summed E-state index contributed by atoms with van der Waals surface area (Å²) in [5.41, 5.74) is 1.61. The molecule has 1 saturated heterocycles. The normalized spacial score (nSPS) is 16.6. The van der Waals surface area contributed by atoms with E-state index in [1.165, 1.54) is 12.1 Å². The summed E-state index contributed by atoms with van der Waals surface area (Å²) < 4.78 is 19.8. The first-order valence-electron chi connectivity index (χ1n) is 8.46. The fourth-order valence-electron chi connectivity index (χ4n) is 3.02. The molecule has 1 aliphatic rings. The van der Waals surface area contributed by atoms with Crippen molar-refractivity contribution < 1.29 is 8.81 Å². The third kappa shape index (κ3) is 3.42. The monoisotopic (exact) mass is 337 g/mol. The van der Waals surface area contributed by atoms with E-state index >= 15 is 0 Å². The molecule has 25 heavy (non-hydrogen) atoms. The van der Waals surface area contributed by atoms with Crippen LogP contribution in [-0.4, -0.2) is 43.1 Å². The Morgan fingerprint density at radius 3 is 2.48 bits per heavy atom. The molecule has 0 unspecified atom stereocenters. The number of nitrogens with zero attached hydrogens (tertiary/aromatic N) is 3. The van der Waals surface area contributed by atoms with Gasteiger partial charge in [0, 0.05) is 43.2 Å². The molecule has 1 aliphatic heterocycles. The first-order chi connectivity index (χ1) is 12.2. The van der Waals surface area contributed by atoms with Crippen molar-refractivity contribution in [1.82, 2.24) is 9.91 Å². The summed E-state index contributed by atoms with van der Waals surface area (Å²) in [6, 6.07) is 16.4. The Morgan fingerprint density at radius 1 is 0.960 bits per heavy atom. The van der Waals surface area contributed by atoms with Crippen molar-refractivity contribution in [2.24, 2.45) is 5.10 Å². The van der Waals surface area contributed by atoms with Gasteiger partial charge in [-0.3, -0.25) is 5.01 Å². The van der Waals surface area contributed by atoms with Crippen LogP contribution in [0.5, 0.6) is 0 Å². The fourth-order valence-corrected chi connectivity index (χ4v) is 3.02. The van der Waals surface area contributed by atoms with Crippen LogP contribution in [0.25, 0.3) is 22.3 Å². The highest BCUT2D eigenvalue weighted by molar-refractivity contribution is 5.78. The van der Waals surface area contributed by atoms with Gasteiger partial charge in [-0.25, -0.2) is 4.39 Å². The van der Waals surface area contributed by atoms with Crippen LogP contribution in [0, 0.1) is 5.82 Å². The number of fused-ring (bicyclic) bond motifs is 1. The van der Waals surface area contributed by atoms with Gasteiger partial charge in [-0.15, -0.1) is 0 Å². The molecule has 0 amide bonds. The van der Waals surface area contributed by atoms with Crippen LogP contribution in [0.4, 0.5) is 4.39 Å². The van der Waals surface area contributed by atoms with Crippen molar-refractivity contribution in [3.63, 3.8) is 0 Å². The highest BCUT2D eigenvalue weighted by atomic mass is 19.1. The number of piperazine rings is 1. The summed E-state index contributed by atoms with van der Waals surface area (Å²) in [5, 5.41) is 8.27. The van der Waals surface area contributed by atoms with Crippen LogP contribution >= 0.6 is 0 Å². The topological polar surface area (TPSA) is 32.0 Å². The first kappa shape index (κ1) is 15.8. The van der Waals surface area contributed by atoms with Crippen LogP contribution in [-0.2, 0) is 0 Å². The van der Waals surface area contributed by atoms with Crippen LogP contribution in [0.1, 0.15) is 0 Å². The van der Waals surface area contributed by atoms with E-state index in [-0.39, 0.29) is 5.82 Å². The van der Waals surface area contributed by atoms with Crippen LogP contribution in [0.3, 0.4) is 0 Å². The molecule has 2 aromatic carbocycles. The number of rotatable bonds is 2. The van der Waals surface area contributed by atoms with Gasteiger partial charge in [0.15, 0.2) is 0 Å². The Bertz CT molecular complexity index is 944. The van der Waals surface area contributed by atoms with Gasteiger partial charge in [-0.05, 0) is 25.2 Å². The SMILES string of the molecule is CN1CCN(N=c2cc(-c3ccccc3)oc3ccc(F)cc23)CC1. The Balaban J connectivity index is 1.86. The maximum Gasteiger partial charge on any atom is 0.137 e. The van der Waals surface area contributed by atoms with Gasteiger partial charge in [0.05, 0.1) is 5.36 Å². The van der Waals surface area contributed by atoms with Crippen molar-refractivity contribution in [1.29, 1.82) is 0 Å². The summed E-state index contributed by atoms with van der Waals surface area (Å²) in [7, 11) is 2.11. The van der Waals surface area contributed by atoms with Crippen LogP contribution in [0.2, 0.25) is 0 Å². The molecule has 0 saturated carbocycles. The van der Waals surface area contributed by atoms with Gasteiger partial charge >= 0.3 is 0 Å². The molecule has 4 rings (SSSR count). The maximum absolute atomic E-state index is 13.8. The largest absolute Gasteiger partial charge is 0.456 e. The van der Waals surface area contributed by atoms with Gasteiger partial charge in [-0.2, -0.15) is 5.10 Å². The average Bonchev–Trinajstić information content (AvgIpc) is 2.64. The molecule has 0 radical (unpaired) electrons. The minimum atomic E-state index is -0.287. The van der Waals surface area contributed by atoms with Gasteiger partial charge in [0.2, 0.25) is 0 Å². The summed E-state index contributed by atoms with van der Waals surface area (Å²) in [6.07, 6.45) is 0. The highest BCUT2D eigenvalue weighted by Crippen LogP contribution is 2.22. The Morgan fingerprint density at radius 2 is 1.72 bits per heavy atom. The predicted octanol–water partition coefficient (Wildman–Crippen LogP) is 3.30. The van der Waals surface area contributed by atoms with Gasteiger partial charge in [-0.1, -0.05) is 30.3 Å². The molecule has 0 atom stereocenters. The van der Waals surface area contributed by atoms with E-state index in [0.717, 1.165) is 42.9 Å². The second kappa shape index (κ2) is 6.69. The smallest absolute Gasteiger partial charge is 0.137 e. The number of likely N-dealkylation sites (N-methyl/N-ethyl adjacent to an activating group) is 1. The van der Waals surface area contributed by atoms with E-state index in [4.69, 9.17) is 9.52 Å². The van der Waals surface area contributed by atoms with E-state index < -0.39 is 0 Å². The molecule has 0 spiro atoms. The molecule has 128 valence electrons. The summed E-state index contributed by atoms with van der Waals surface area (Å²) >= 11 is 0. The van der Waals surface area contributed by atoms with Gasteiger partial charge in [0.1, 0.15) is 17.2 Å². The lowest BCUT2D eigenvalue weighted by Crippen LogP contribution is -2.42. The predicted molar refractivity (Wildman–Crippen MR) is 96.2 cm³/mol. The lowest BCUT2D eigenvalue weighted by atomic mass is 10.1. The summed E-state index contributed by atoms with van der Waals surface area (Å²) in [5.74, 6) is 0.442. The van der Waals surface area contributed by atoms with E-state index in [2.05, 4.69) is 17.0 Å². The number of halogens is 1. The molecule has 0 N–H and O–H groups in total. The van der Waals surface area contributed by atoms with Crippen molar-refractivity contribution in [3.8, 4) is 11.3 Å². The van der Waals surface area contributed by atoms with Gasteiger partial charge < -0.3 is 9.32 Å². The quantitative estimate of drug-likeness (QED) is 0.719. The number of hydrogen-bond acceptors (Lipinski definition) is 4. The lowest BCUT2D eigenvalue weighted by molar-refractivity contribution is 0.154.